The summed E-state index contributed by atoms with van der Waals surface area (Å²) in [4.78, 5) is 13.3. The summed E-state index contributed by atoms with van der Waals surface area (Å²) in [5.41, 5.74) is -0.699. The van der Waals surface area contributed by atoms with Crippen molar-refractivity contribution in [1.29, 1.82) is 0 Å². The van der Waals surface area contributed by atoms with Crippen LogP contribution in [0.15, 0.2) is 23.8 Å². The zero-order valence-corrected chi connectivity index (χ0v) is 20.9. The van der Waals surface area contributed by atoms with Gasteiger partial charge >= 0.3 is 0 Å². The number of epoxide rings is 2. The van der Waals surface area contributed by atoms with Crippen LogP contribution in [-0.4, -0.2) is 57.4 Å². The second-order valence-electron chi connectivity index (χ2n) is 13.2. The number of rotatable bonds is 2. The Balaban J connectivity index is 1.19. The van der Waals surface area contributed by atoms with Gasteiger partial charge in [-0.3, -0.25) is 4.79 Å². The molecule has 2 saturated carbocycles. The standard InChI is InChI=1S/C28H38O6/c1-14(19-13-25(3)27(5,34-25)23(31)32-19)17-12-18(29)22-15-11-21-28(33-21)9-6-7-20(30)26(28,4)16(15)8-10-24(17,22)2/h6-7,12,14-16,18-19,21-23,29,31H,8-11,13H2,1-5H3/t14-,15+,16-,18-,19-,21-,22+,23+,24+,25-,26-,27+,28-/m0/s1. The van der Waals surface area contributed by atoms with Crippen LogP contribution in [0.25, 0.3) is 0 Å². The second-order valence-corrected chi connectivity index (χ2v) is 13.2. The number of ketones is 1. The van der Waals surface area contributed by atoms with Crippen molar-refractivity contribution in [3.63, 3.8) is 0 Å². The summed E-state index contributed by atoms with van der Waals surface area (Å²) in [7, 11) is 0. The molecule has 13 atom stereocenters. The van der Waals surface area contributed by atoms with Gasteiger partial charge in [0.15, 0.2) is 12.1 Å². The maximum absolute atomic E-state index is 13.3. The Hall–Kier alpha value is -1.05. The van der Waals surface area contributed by atoms with E-state index >= 15 is 0 Å². The van der Waals surface area contributed by atoms with E-state index in [9.17, 15) is 15.0 Å². The van der Waals surface area contributed by atoms with Gasteiger partial charge in [-0.15, -0.1) is 0 Å². The number of fused-ring (bicyclic) bond motifs is 5. The van der Waals surface area contributed by atoms with E-state index < -0.39 is 23.4 Å². The first-order valence-electron chi connectivity index (χ1n) is 13.2. The zero-order chi connectivity index (χ0) is 24.1. The van der Waals surface area contributed by atoms with Crippen molar-refractivity contribution in [2.24, 2.45) is 34.5 Å². The van der Waals surface area contributed by atoms with Crippen LogP contribution in [0, 0.1) is 34.5 Å². The van der Waals surface area contributed by atoms with Crippen molar-refractivity contribution in [2.75, 3.05) is 0 Å². The van der Waals surface area contributed by atoms with Crippen molar-refractivity contribution >= 4 is 5.78 Å². The first-order chi connectivity index (χ1) is 15.9. The molecule has 3 heterocycles. The average molecular weight is 471 g/mol. The summed E-state index contributed by atoms with van der Waals surface area (Å²) >= 11 is 0. The van der Waals surface area contributed by atoms with Gasteiger partial charge in [-0.25, -0.2) is 0 Å². The summed E-state index contributed by atoms with van der Waals surface area (Å²) in [6, 6.07) is 0. The van der Waals surface area contributed by atoms with Crippen LogP contribution < -0.4 is 0 Å². The SMILES string of the molecule is C[C@@H](C1=C[C@H](O)[C@H]2[C@@H]3C[C@@H]4O[C@@]45CC=CC(=O)[C@]5(C)[C@H]3CC[C@]12C)[C@@H]1C[C@]2(C)O[C@]2(C)[C@H](O)O1. The molecule has 2 N–H and O–H groups in total. The van der Waals surface area contributed by atoms with Crippen LogP contribution >= 0.6 is 0 Å². The van der Waals surface area contributed by atoms with Crippen molar-refractivity contribution in [3.8, 4) is 0 Å². The maximum atomic E-state index is 13.3. The van der Waals surface area contributed by atoms with E-state index in [0.29, 0.717) is 0 Å². The van der Waals surface area contributed by atoms with Gasteiger partial charge in [-0.2, -0.15) is 0 Å². The molecule has 1 spiro atoms. The fourth-order valence-corrected chi connectivity index (χ4v) is 9.70. The van der Waals surface area contributed by atoms with E-state index in [4.69, 9.17) is 14.2 Å². The highest BCUT2D eigenvalue weighted by Gasteiger charge is 2.78. The lowest BCUT2D eigenvalue weighted by Crippen LogP contribution is -2.60. The lowest BCUT2D eigenvalue weighted by atomic mass is 9.44. The van der Waals surface area contributed by atoms with Gasteiger partial charge in [-0.05, 0) is 69.8 Å². The van der Waals surface area contributed by atoms with E-state index in [1.54, 1.807) is 6.08 Å². The minimum atomic E-state index is -0.936. The predicted octanol–water partition coefficient (Wildman–Crippen LogP) is 3.30. The minimum absolute atomic E-state index is 0.0658. The predicted molar refractivity (Wildman–Crippen MR) is 124 cm³/mol. The molecule has 0 unspecified atom stereocenters. The Kier molecular flexibility index (Phi) is 4.08. The monoisotopic (exact) mass is 470 g/mol. The maximum Gasteiger partial charge on any atom is 0.186 e. The van der Waals surface area contributed by atoms with Crippen LogP contribution in [0.2, 0.25) is 0 Å². The van der Waals surface area contributed by atoms with E-state index in [1.807, 2.05) is 13.0 Å². The smallest absolute Gasteiger partial charge is 0.186 e. The third-order valence-electron chi connectivity index (χ3n) is 12.1. The summed E-state index contributed by atoms with van der Waals surface area (Å²) in [5, 5.41) is 22.1. The molecule has 7 rings (SSSR count). The Morgan fingerprint density at radius 3 is 2.68 bits per heavy atom. The quantitative estimate of drug-likeness (QED) is 0.475. The Morgan fingerprint density at radius 2 is 1.94 bits per heavy atom. The van der Waals surface area contributed by atoms with Crippen molar-refractivity contribution < 1.29 is 29.2 Å². The molecule has 5 fully saturated rings. The molecule has 3 saturated heterocycles. The van der Waals surface area contributed by atoms with Gasteiger partial charge in [0, 0.05) is 18.3 Å². The molecular weight excluding hydrogens is 432 g/mol. The number of carbonyl (C=O) groups is 1. The Bertz CT molecular complexity index is 1040. The molecule has 7 aliphatic rings. The number of allylic oxidation sites excluding steroid dienone is 1. The summed E-state index contributed by atoms with van der Waals surface area (Å²) in [6.45, 7) is 10.6. The fraction of sp³-hybridized carbons (Fsp3) is 0.821. The van der Waals surface area contributed by atoms with Crippen LogP contribution in [0.1, 0.15) is 66.7 Å². The normalized spacial score (nSPS) is 61.9. The van der Waals surface area contributed by atoms with Crippen molar-refractivity contribution in [1.82, 2.24) is 0 Å². The molecule has 6 heteroatoms. The van der Waals surface area contributed by atoms with Crippen LogP contribution in [0.5, 0.6) is 0 Å². The molecule has 0 bridgehead atoms. The van der Waals surface area contributed by atoms with Crippen LogP contribution in [0.4, 0.5) is 0 Å². The molecule has 0 aromatic heterocycles. The number of ether oxygens (including phenoxy) is 3. The van der Waals surface area contributed by atoms with Gasteiger partial charge in [0.1, 0.15) is 16.8 Å². The second kappa shape index (κ2) is 6.25. The van der Waals surface area contributed by atoms with Crippen molar-refractivity contribution in [2.45, 2.75) is 108 Å². The molecular formula is C28H38O6. The van der Waals surface area contributed by atoms with Gasteiger partial charge in [-0.1, -0.05) is 31.6 Å². The largest absolute Gasteiger partial charge is 0.389 e. The zero-order valence-electron chi connectivity index (χ0n) is 20.9. The van der Waals surface area contributed by atoms with E-state index in [-0.39, 0.29) is 58.3 Å². The Morgan fingerprint density at radius 1 is 1.18 bits per heavy atom. The minimum Gasteiger partial charge on any atom is -0.389 e. The van der Waals surface area contributed by atoms with E-state index in [2.05, 4.69) is 33.8 Å². The molecule has 3 aliphatic heterocycles. The molecule has 0 radical (unpaired) electrons. The van der Waals surface area contributed by atoms with Gasteiger partial charge < -0.3 is 24.4 Å². The first-order valence-corrected chi connectivity index (χ1v) is 13.2. The molecule has 4 aliphatic carbocycles. The number of aliphatic hydroxyl groups excluding tert-OH is 2. The average Bonchev–Trinajstić information content (AvgIpc) is 3.59. The highest BCUT2D eigenvalue weighted by molar-refractivity contribution is 5.97. The molecule has 0 aromatic carbocycles. The highest BCUT2D eigenvalue weighted by Crippen LogP contribution is 2.72. The molecule has 6 nitrogen and oxygen atoms in total. The summed E-state index contributed by atoms with van der Waals surface area (Å²) in [5.74, 6) is 0.830. The number of aliphatic hydroxyl groups is 2. The van der Waals surface area contributed by atoms with Gasteiger partial charge in [0.2, 0.25) is 0 Å². The molecule has 186 valence electrons. The van der Waals surface area contributed by atoms with E-state index in [0.717, 1.165) is 32.1 Å². The first kappa shape index (κ1) is 22.2. The number of carbonyl (C=O) groups excluding carboxylic acids is 1. The van der Waals surface area contributed by atoms with Crippen molar-refractivity contribution in [3.05, 3.63) is 23.8 Å². The molecule has 0 aromatic rings. The highest BCUT2D eigenvalue weighted by atomic mass is 16.7. The van der Waals surface area contributed by atoms with Crippen LogP contribution in [0.3, 0.4) is 0 Å². The topological polar surface area (TPSA) is 91.8 Å². The third kappa shape index (κ3) is 2.30. The third-order valence-corrected chi connectivity index (χ3v) is 12.1. The number of hydrogen-bond acceptors (Lipinski definition) is 6. The lowest BCUT2D eigenvalue weighted by molar-refractivity contribution is -0.192. The van der Waals surface area contributed by atoms with Gasteiger partial charge in [0.05, 0.1) is 23.7 Å². The Labute approximate surface area is 201 Å². The van der Waals surface area contributed by atoms with Crippen LogP contribution in [-0.2, 0) is 19.0 Å². The van der Waals surface area contributed by atoms with Gasteiger partial charge in [0.25, 0.3) is 0 Å². The number of hydrogen-bond donors (Lipinski definition) is 2. The summed E-state index contributed by atoms with van der Waals surface area (Å²) in [6.07, 6.45) is 8.74. The lowest BCUT2D eigenvalue weighted by Gasteiger charge is -2.57. The summed E-state index contributed by atoms with van der Waals surface area (Å²) < 4.78 is 18.4. The fourth-order valence-electron chi connectivity index (χ4n) is 9.70. The van der Waals surface area contributed by atoms with E-state index in [1.165, 1.54) is 5.57 Å². The molecule has 0 amide bonds. The molecule has 34 heavy (non-hydrogen) atoms.